The molecule has 0 spiro atoms. The number of nitrogens with zero attached hydrogens (tertiary/aromatic N) is 1. The van der Waals surface area contributed by atoms with Crippen LogP contribution in [0, 0.1) is 0 Å². The molecule has 0 saturated heterocycles. The van der Waals surface area contributed by atoms with E-state index in [9.17, 15) is 4.79 Å². The number of ether oxygens (including phenoxy) is 1. The largest absolute Gasteiger partial charge is 0.443 e. The predicted molar refractivity (Wildman–Crippen MR) is 77.9 cm³/mol. The normalized spacial score (nSPS) is 14.8. The van der Waals surface area contributed by atoms with Gasteiger partial charge in [-0.15, -0.1) is 0 Å². The molecule has 1 aliphatic rings. The van der Waals surface area contributed by atoms with Gasteiger partial charge in [0, 0.05) is 19.3 Å². The Morgan fingerprint density at radius 2 is 2.11 bits per heavy atom. The van der Waals surface area contributed by atoms with Crippen LogP contribution in [0.3, 0.4) is 0 Å². The summed E-state index contributed by atoms with van der Waals surface area (Å²) in [5.74, 6) is 0. The first-order valence-corrected chi connectivity index (χ1v) is 6.72. The molecule has 19 heavy (non-hydrogen) atoms. The highest BCUT2D eigenvalue weighted by Gasteiger charge is 2.27. The number of aryl methyl sites for hydroxylation is 1. The molecule has 1 N–H and O–H groups in total. The maximum atomic E-state index is 12.2. The summed E-state index contributed by atoms with van der Waals surface area (Å²) in [4.78, 5) is 14.0. The molecule has 0 atom stereocenters. The van der Waals surface area contributed by atoms with E-state index in [1.807, 2.05) is 40.0 Å². The fourth-order valence-corrected chi connectivity index (χ4v) is 2.26. The van der Waals surface area contributed by atoms with Crippen LogP contribution in [0.5, 0.6) is 0 Å². The molecule has 0 radical (unpaired) electrons. The van der Waals surface area contributed by atoms with E-state index in [4.69, 9.17) is 4.74 Å². The molecule has 0 fully saturated rings. The Hall–Kier alpha value is -1.71. The SMILES string of the molecule is CNc1ccc2c(c1)CCCN2C(=O)OC(C)(C)C. The first-order valence-electron chi connectivity index (χ1n) is 6.72. The highest BCUT2D eigenvalue weighted by atomic mass is 16.6. The molecule has 0 bridgehead atoms. The van der Waals surface area contributed by atoms with Gasteiger partial charge in [-0.1, -0.05) is 0 Å². The van der Waals surface area contributed by atoms with Crippen LogP contribution in [0.15, 0.2) is 18.2 Å². The highest BCUT2D eigenvalue weighted by molar-refractivity contribution is 5.89. The van der Waals surface area contributed by atoms with Gasteiger partial charge in [0.2, 0.25) is 0 Å². The molecule has 4 heteroatoms. The number of anilines is 2. The summed E-state index contributed by atoms with van der Waals surface area (Å²) in [5.41, 5.74) is 2.79. The molecule has 0 saturated carbocycles. The van der Waals surface area contributed by atoms with E-state index in [2.05, 4.69) is 11.4 Å². The number of rotatable bonds is 1. The molecule has 1 aliphatic heterocycles. The van der Waals surface area contributed by atoms with Crippen molar-refractivity contribution in [3.05, 3.63) is 23.8 Å². The third-order valence-electron chi connectivity index (χ3n) is 3.10. The van der Waals surface area contributed by atoms with Gasteiger partial charge in [-0.2, -0.15) is 0 Å². The number of carbonyl (C=O) groups excluding carboxylic acids is 1. The second kappa shape index (κ2) is 5.11. The van der Waals surface area contributed by atoms with Gasteiger partial charge in [-0.05, 0) is 57.4 Å². The number of hydrogen-bond acceptors (Lipinski definition) is 3. The molecule has 1 amide bonds. The maximum absolute atomic E-state index is 12.2. The molecule has 0 unspecified atom stereocenters. The van der Waals surface area contributed by atoms with Crippen LogP contribution in [0.25, 0.3) is 0 Å². The van der Waals surface area contributed by atoms with E-state index < -0.39 is 5.60 Å². The summed E-state index contributed by atoms with van der Waals surface area (Å²) in [5, 5.41) is 3.12. The van der Waals surface area contributed by atoms with Crippen LogP contribution in [0.4, 0.5) is 16.2 Å². The minimum Gasteiger partial charge on any atom is -0.443 e. The van der Waals surface area contributed by atoms with E-state index in [-0.39, 0.29) is 6.09 Å². The highest BCUT2D eigenvalue weighted by Crippen LogP contribution is 2.30. The molecular formula is C15H22N2O2. The van der Waals surface area contributed by atoms with Crippen molar-refractivity contribution in [2.45, 2.75) is 39.2 Å². The second-order valence-corrected chi connectivity index (χ2v) is 5.83. The summed E-state index contributed by atoms with van der Waals surface area (Å²) in [7, 11) is 1.90. The lowest BCUT2D eigenvalue weighted by Crippen LogP contribution is -2.39. The predicted octanol–water partition coefficient (Wildman–Crippen LogP) is 3.42. The van der Waals surface area contributed by atoms with Gasteiger partial charge in [0.1, 0.15) is 5.60 Å². The Bertz CT molecular complexity index is 478. The third kappa shape index (κ3) is 3.19. The van der Waals surface area contributed by atoms with Crippen molar-refractivity contribution < 1.29 is 9.53 Å². The Balaban J connectivity index is 2.25. The average molecular weight is 262 g/mol. The second-order valence-electron chi connectivity index (χ2n) is 5.83. The first-order chi connectivity index (χ1) is 8.90. The van der Waals surface area contributed by atoms with Crippen molar-refractivity contribution in [1.82, 2.24) is 0 Å². The standard InChI is InChI=1S/C15H22N2O2/c1-15(2,3)19-14(18)17-9-5-6-11-10-12(16-4)7-8-13(11)17/h7-8,10,16H,5-6,9H2,1-4H3. The molecule has 0 aromatic heterocycles. The molecule has 0 aliphatic carbocycles. The van der Waals surface area contributed by atoms with Crippen molar-refractivity contribution in [2.24, 2.45) is 0 Å². The number of carbonyl (C=O) groups is 1. The van der Waals surface area contributed by atoms with Gasteiger partial charge in [0.15, 0.2) is 0 Å². The van der Waals surface area contributed by atoms with Crippen molar-refractivity contribution in [3.63, 3.8) is 0 Å². The van der Waals surface area contributed by atoms with Gasteiger partial charge in [-0.25, -0.2) is 4.79 Å². The maximum Gasteiger partial charge on any atom is 0.414 e. The minimum absolute atomic E-state index is 0.259. The zero-order valence-corrected chi connectivity index (χ0v) is 12.1. The number of benzene rings is 1. The van der Waals surface area contributed by atoms with Crippen LogP contribution < -0.4 is 10.2 Å². The van der Waals surface area contributed by atoms with Gasteiger partial charge >= 0.3 is 6.09 Å². The van der Waals surface area contributed by atoms with Crippen LogP contribution >= 0.6 is 0 Å². The zero-order chi connectivity index (χ0) is 14.0. The smallest absolute Gasteiger partial charge is 0.414 e. The van der Waals surface area contributed by atoms with Crippen LogP contribution in [-0.4, -0.2) is 25.3 Å². The van der Waals surface area contributed by atoms with Gasteiger partial charge in [0.25, 0.3) is 0 Å². The van der Waals surface area contributed by atoms with Crippen molar-refractivity contribution in [1.29, 1.82) is 0 Å². The van der Waals surface area contributed by atoms with Gasteiger partial charge in [0.05, 0.1) is 5.69 Å². The van der Waals surface area contributed by atoms with E-state index in [1.165, 1.54) is 5.56 Å². The first kappa shape index (κ1) is 13.7. The van der Waals surface area contributed by atoms with Gasteiger partial charge < -0.3 is 10.1 Å². The Kier molecular flexibility index (Phi) is 3.69. The van der Waals surface area contributed by atoms with E-state index >= 15 is 0 Å². The van der Waals surface area contributed by atoms with E-state index in [0.29, 0.717) is 0 Å². The fraction of sp³-hybridized carbons (Fsp3) is 0.533. The molecule has 4 nitrogen and oxygen atoms in total. The summed E-state index contributed by atoms with van der Waals surface area (Å²) in [6, 6.07) is 6.08. The van der Waals surface area contributed by atoms with E-state index in [1.54, 1.807) is 4.90 Å². The molecule has 104 valence electrons. The Morgan fingerprint density at radius 1 is 1.37 bits per heavy atom. The lowest BCUT2D eigenvalue weighted by atomic mass is 10.0. The number of amides is 1. The average Bonchev–Trinajstić information content (AvgIpc) is 2.35. The third-order valence-corrected chi connectivity index (χ3v) is 3.10. The summed E-state index contributed by atoms with van der Waals surface area (Å²) >= 11 is 0. The molecule has 1 heterocycles. The monoisotopic (exact) mass is 262 g/mol. The molecular weight excluding hydrogens is 240 g/mol. The summed E-state index contributed by atoms with van der Waals surface area (Å²) < 4.78 is 5.46. The van der Waals surface area contributed by atoms with Crippen LogP contribution in [-0.2, 0) is 11.2 Å². The number of nitrogens with one attached hydrogen (secondary N) is 1. The van der Waals surface area contributed by atoms with E-state index in [0.717, 1.165) is 30.8 Å². The van der Waals surface area contributed by atoms with Crippen LogP contribution in [0.2, 0.25) is 0 Å². The lowest BCUT2D eigenvalue weighted by molar-refractivity contribution is 0.0578. The van der Waals surface area contributed by atoms with Crippen molar-refractivity contribution in [3.8, 4) is 0 Å². The molecule has 2 rings (SSSR count). The zero-order valence-electron chi connectivity index (χ0n) is 12.1. The fourth-order valence-electron chi connectivity index (χ4n) is 2.26. The summed E-state index contributed by atoms with van der Waals surface area (Å²) in [6.07, 6.45) is 1.72. The number of fused-ring (bicyclic) bond motifs is 1. The quantitative estimate of drug-likeness (QED) is 0.843. The number of hydrogen-bond donors (Lipinski definition) is 1. The van der Waals surface area contributed by atoms with Crippen molar-refractivity contribution in [2.75, 3.05) is 23.8 Å². The topological polar surface area (TPSA) is 41.6 Å². The molecule has 1 aromatic carbocycles. The Labute approximate surface area is 114 Å². The van der Waals surface area contributed by atoms with Crippen LogP contribution in [0.1, 0.15) is 32.8 Å². The summed E-state index contributed by atoms with van der Waals surface area (Å²) in [6.45, 7) is 6.39. The molecule has 1 aromatic rings. The minimum atomic E-state index is -0.459. The van der Waals surface area contributed by atoms with Gasteiger partial charge in [-0.3, -0.25) is 4.90 Å². The lowest BCUT2D eigenvalue weighted by Gasteiger charge is -2.31. The van der Waals surface area contributed by atoms with Crippen molar-refractivity contribution >= 4 is 17.5 Å². The Morgan fingerprint density at radius 3 is 2.74 bits per heavy atom.